The van der Waals surface area contributed by atoms with Gasteiger partial charge in [-0.25, -0.2) is 0 Å². The second-order valence-corrected chi connectivity index (χ2v) is 3.79. The zero-order chi connectivity index (χ0) is 10.9. The van der Waals surface area contributed by atoms with Crippen LogP contribution in [0.25, 0.3) is 0 Å². The first-order valence-electron chi connectivity index (χ1n) is 6.03. The molecule has 16 heavy (non-hydrogen) atoms. The van der Waals surface area contributed by atoms with Crippen LogP contribution in [0.2, 0.25) is 0 Å². The van der Waals surface area contributed by atoms with E-state index in [0.29, 0.717) is 0 Å². The Morgan fingerprint density at radius 3 is 2.62 bits per heavy atom. The number of guanidine groups is 1. The lowest BCUT2D eigenvalue weighted by atomic mass is 10.4. The van der Waals surface area contributed by atoms with E-state index in [-0.39, 0.29) is 24.0 Å². The molecule has 1 rings (SSSR count). The highest BCUT2D eigenvalue weighted by atomic mass is 127. The van der Waals surface area contributed by atoms with Gasteiger partial charge in [-0.1, -0.05) is 12.2 Å². The largest absolute Gasteiger partial charge is 0.357 e. The highest BCUT2D eigenvalue weighted by molar-refractivity contribution is 14.0. The first kappa shape index (κ1) is 15.7. The third kappa shape index (κ3) is 5.72. The van der Waals surface area contributed by atoms with Crippen molar-refractivity contribution < 1.29 is 0 Å². The van der Waals surface area contributed by atoms with Crippen molar-refractivity contribution in [1.82, 2.24) is 10.2 Å². The Labute approximate surface area is 116 Å². The maximum absolute atomic E-state index is 4.61. The number of aliphatic imine (C=N–C) groups is 1. The molecular weight excluding hydrogens is 313 g/mol. The van der Waals surface area contributed by atoms with E-state index in [1.54, 1.807) is 0 Å². The molecule has 0 spiro atoms. The molecule has 0 atom stereocenters. The van der Waals surface area contributed by atoms with Crippen molar-refractivity contribution >= 4 is 29.9 Å². The topological polar surface area (TPSA) is 27.6 Å². The van der Waals surface area contributed by atoms with Crippen LogP contribution in [0, 0.1) is 0 Å². The van der Waals surface area contributed by atoms with Crippen LogP contribution in [-0.4, -0.2) is 37.0 Å². The zero-order valence-corrected chi connectivity index (χ0v) is 12.7. The van der Waals surface area contributed by atoms with Gasteiger partial charge in [0.2, 0.25) is 0 Å². The molecule has 0 aliphatic carbocycles. The summed E-state index contributed by atoms with van der Waals surface area (Å²) in [7, 11) is 0. The third-order valence-corrected chi connectivity index (χ3v) is 2.53. The predicted molar refractivity (Wildman–Crippen MR) is 81.6 cm³/mol. The van der Waals surface area contributed by atoms with Crippen LogP contribution >= 0.6 is 24.0 Å². The molecule has 1 aliphatic rings. The Morgan fingerprint density at radius 2 is 2.06 bits per heavy atom. The normalized spacial score (nSPS) is 16.6. The second kappa shape index (κ2) is 9.93. The van der Waals surface area contributed by atoms with Crippen molar-refractivity contribution in [3.8, 4) is 0 Å². The average molecular weight is 337 g/mol. The fraction of sp³-hybridized carbons (Fsp3) is 0.750. The number of halogens is 1. The van der Waals surface area contributed by atoms with Crippen molar-refractivity contribution in [3.05, 3.63) is 12.2 Å². The van der Waals surface area contributed by atoms with Crippen LogP contribution in [0.15, 0.2) is 17.1 Å². The highest BCUT2D eigenvalue weighted by Gasteiger charge is 2.14. The Balaban J connectivity index is 0.00000225. The standard InChI is InChI=1S/C12H23N3.HI/c1-3-5-6-9-14-12(13-4-2)15-10-7-8-11-15;/h3,5H,4,6-11H2,1-2H3,(H,13,14);1H. The van der Waals surface area contributed by atoms with E-state index < -0.39 is 0 Å². The number of likely N-dealkylation sites (tertiary alicyclic amines) is 1. The van der Waals surface area contributed by atoms with Crippen LogP contribution in [-0.2, 0) is 0 Å². The third-order valence-electron chi connectivity index (χ3n) is 2.53. The summed E-state index contributed by atoms with van der Waals surface area (Å²) < 4.78 is 0. The molecule has 1 saturated heterocycles. The molecule has 0 bridgehead atoms. The van der Waals surface area contributed by atoms with E-state index in [4.69, 9.17) is 0 Å². The smallest absolute Gasteiger partial charge is 0.193 e. The summed E-state index contributed by atoms with van der Waals surface area (Å²) in [5, 5.41) is 3.35. The number of rotatable bonds is 4. The van der Waals surface area contributed by atoms with Crippen LogP contribution in [0.5, 0.6) is 0 Å². The van der Waals surface area contributed by atoms with Crippen molar-refractivity contribution in [1.29, 1.82) is 0 Å². The monoisotopic (exact) mass is 337 g/mol. The highest BCUT2D eigenvalue weighted by Crippen LogP contribution is 2.07. The SMILES string of the molecule is CC=CCCN=C(NCC)N1CCCC1.I. The van der Waals surface area contributed by atoms with Gasteiger partial charge in [0, 0.05) is 26.2 Å². The van der Waals surface area contributed by atoms with Gasteiger partial charge < -0.3 is 10.2 Å². The Morgan fingerprint density at radius 1 is 1.38 bits per heavy atom. The molecule has 3 nitrogen and oxygen atoms in total. The molecule has 4 heteroatoms. The Hall–Kier alpha value is -0.260. The Kier molecular flexibility index (Phi) is 9.77. The quantitative estimate of drug-likeness (QED) is 0.281. The lowest BCUT2D eigenvalue weighted by molar-refractivity contribution is 0.494. The van der Waals surface area contributed by atoms with Crippen LogP contribution in [0.1, 0.15) is 33.1 Å². The van der Waals surface area contributed by atoms with Crippen LogP contribution in [0.4, 0.5) is 0 Å². The summed E-state index contributed by atoms with van der Waals surface area (Å²) in [6, 6.07) is 0. The summed E-state index contributed by atoms with van der Waals surface area (Å²) in [6.45, 7) is 8.35. The fourth-order valence-electron chi connectivity index (χ4n) is 1.77. The van der Waals surface area contributed by atoms with Gasteiger partial charge in [-0.3, -0.25) is 4.99 Å². The van der Waals surface area contributed by atoms with Gasteiger partial charge in [0.15, 0.2) is 5.96 Å². The van der Waals surface area contributed by atoms with Crippen LogP contribution < -0.4 is 5.32 Å². The molecule has 0 saturated carbocycles. The van der Waals surface area contributed by atoms with Crippen molar-refractivity contribution in [3.63, 3.8) is 0 Å². The van der Waals surface area contributed by atoms with Gasteiger partial charge in [-0.2, -0.15) is 0 Å². The van der Waals surface area contributed by atoms with Gasteiger partial charge in [0.05, 0.1) is 0 Å². The number of nitrogens with zero attached hydrogens (tertiary/aromatic N) is 2. The van der Waals surface area contributed by atoms with E-state index in [1.165, 1.54) is 12.8 Å². The van der Waals surface area contributed by atoms with Gasteiger partial charge in [-0.15, -0.1) is 24.0 Å². The molecular formula is C12H24IN3. The van der Waals surface area contributed by atoms with E-state index in [1.807, 2.05) is 0 Å². The van der Waals surface area contributed by atoms with Gasteiger partial charge >= 0.3 is 0 Å². The van der Waals surface area contributed by atoms with Crippen molar-refractivity contribution in [2.75, 3.05) is 26.2 Å². The minimum atomic E-state index is 0. The molecule has 0 aromatic carbocycles. The van der Waals surface area contributed by atoms with Crippen LogP contribution in [0.3, 0.4) is 0 Å². The summed E-state index contributed by atoms with van der Waals surface area (Å²) in [5.74, 6) is 1.10. The average Bonchev–Trinajstić information content (AvgIpc) is 2.76. The molecule has 0 radical (unpaired) electrons. The molecule has 0 amide bonds. The second-order valence-electron chi connectivity index (χ2n) is 3.79. The van der Waals surface area contributed by atoms with Gasteiger partial charge in [0.1, 0.15) is 0 Å². The first-order valence-corrected chi connectivity index (χ1v) is 6.03. The molecule has 1 fully saturated rings. The fourth-order valence-corrected chi connectivity index (χ4v) is 1.77. The van der Waals surface area contributed by atoms with Gasteiger partial charge in [0.25, 0.3) is 0 Å². The molecule has 0 aromatic heterocycles. The molecule has 0 unspecified atom stereocenters. The maximum Gasteiger partial charge on any atom is 0.193 e. The molecule has 0 aromatic rings. The number of hydrogen-bond donors (Lipinski definition) is 1. The summed E-state index contributed by atoms with van der Waals surface area (Å²) in [5.41, 5.74) is 0. The number of hydrogen-bond acceptors (Lipinski definition) is 1. The first-order chi connectivity index (χ1) is 7.38. The minimum Gasteiger partial charge on any atom is -0.357 e. The summed E-state index contributed by atoms with van der Waals surface area (Å²) in [4.78, 5) is 6.97. The molecule has 1 heterocycles. The van der Waals surface area contributed by atoms with Gasteiger partial charge in [-0.05, 0) is 33.1 Å². The van der Waals surface area contributed by atoms with E-state index >= 15 is 0 Å². The lowest BCUT2D eigenvalue weighted by Crippen LogP contribution is -2.39. The minimum absolute atomic E-state index is 0. The van der Waals surface area contributed by atoms with E-state index in [9.17, 15) is 0 Å². The lowest BCUT2D eigenvalue weighted by Gasteiger charge is -2.20. The van der Waals surface area contributed by atoms with E-state index in [2.05, 4.69) is 41.2 Å². The zero-order valence-electron chi connectivity index (χ0n) is 10.4. The molecule has 1 aliphatic heterocycles. The number of allylic oxidation sites excluding steroid dienone is 1. The number of nitrogens with one attached hydrogen (secondary N) is 1. The predicted octanol–water partition coefficient (Wildman–Crippen LogP) is 2.63. The summed E-state index contributed by atoms with van der Waals surface area (Å²) in [6.07, 6.45) is 7.90. The molecule has 94 valence electrons. The summed E-state index contributed by atoms with van der Waals surface area (Å²) >= 11 is 0. The Bertz CT molecular complexity index is 220. The van der Waals surface area contributed by atoms with Crippen molar-refractivity contribution in [2.24, 2.45) is 4.99 Å². The van der Waals surface area contributed by atoms with Crippen molar-refractivity contribution in [2.45, 2.75) is 33.1 Å². The van der Waals surface area contributed by atoms with E-state index in [0.717, 1.165) is 38.6 Å². The molecule has 1 N–H and O–H groups in total. The maximum atomic E-state index is 4.61.